The summed E-state index contributed by atoms with van der Waals surface area (Å²) >= 11 is 0. The van der Waals surface area contributed by atoms with Gasteiger partial charge in [0.1, 0.15) is 5.82 Å². The molecule has 2 aromatic carbocycles. The largest absolute Gasteiger partial charge is 0.301 e. The molecule has 2 heterocycles. The lowest BCUT2D eigenvalue weighted by Crippen LogP contribution is -2.54. The third-order valence-corrected chi connectivity index (χ3v) is 6.05. The van der Waals surface area contributed by atoms with E-state index in [9.17, 15) is 4.39 Å². The zero-order valence-electron chi connectivity index (χ0n) is 14.3. The first-order chi connectivity index (χ1) is 11.7. The van der Waals surface area contributed by atoms with Crippen LogP contribution < -0.4 is 0 Å². The molecule has 0 saturated carbocycles. The zero-order chi connectivity index (χ0) is 16.6. The summed E-state index contributed by atoms with van der Waals surface area (Å²) in [5.41, 5.74) is 3.00. The number of likely N-dealkylation sites (N-methyl/N-ethyl adjacent to an activating group) is 1. The van der Waals surface area contributed by atoms with Gasteiger partial charge in [-0.3, -0.25) is 4.90 Å². The van der Waals surface area contributed by atoms with Crippen LogP contribution in [-0.2, 0) is 12.0 Å². The predicted molar refractivity (Wildman–Crippen MR) is 95.4 cm³/mol. The second kappa shape index (κ2) is 6.30. The summed E-state index contributed by atoms with van der Waals surface area (Å²) in [6.07, 6.45) is 2.45. The van der Waals surface area contributed by atoms with Crippen molar-refractivity contribution in [2.45, 2.75) is 30.8 Å². The first-order valence-corrected chi connectivity index (χ1v) is 8.90. The predicted octanol–water partition coefficient (Wildman–Crippen LogP) is 3.67. The maximum absolute atomic E-state index is 13.1. The second-order valence-electron chi connectivity index (χ2n) is 7.38. The smallest absolute Gasteiger partial charge is 0.123 e. The summed E-state index contributed by atoms with van der Waals surface area (Å²) in [7, 11) is 2.26. The molecule has 2 aliphatic heterocycles. The van der Waals surface area contributed by atoms with Crippen molar-refractivity contribution in [3.8, 4) is 0 Å². The molecule has 2 aliphatic rings. The van der Waals surface area contributed by atoms with E-state index in [0.29, 0.717) is 11.5 Å². The van der Waals surface area contributed by atoms with Crippen LogP contribution in [-0.4, -0.2) is 42.5 Å². The molecule has 0 N–H and O–H groups in total. The van der Waals surface area contributed by atoms with E-state index in [1.54, 1.807) is 12.1 Å². The van der Waals surface area contributed by atoms with Gasteiger partial charge in [0.15, 0.2) is 0 Å². The van der Waals surface area contributed by atoms with Crippen LogP contribution in [0.2, 0.25) is 0 Å². The van der Waals surface area contributed by atoms with Gasteiger partial charge in [0.25, 0.3) is 0 Å². The Morgan fingerprint density at radius 3 is 2.46 bits per heavy atom. The maximum Gasteiger partial charge on any atom is 0.123 e. The molecule has 2 atom stereocenters. The molecule has 0 aliphatic carbocycles. The molecule has 126 valence electrons. The Kier molecular flexibility index (Phi) is 4.15. The van der Waals surface area contributed by atoms with Crippen LogP contribution >= 0.6 is 0 Å². The quantitative estimate of drug-likeness (QED) is 0.850. The summed E-state index contributed by atoms with van der Waals surface area (Å²) in [5.74, 6) is -0.156. The van der Waals surface area contributed by atoms with Gasteiger partial charge >= 0.3 is 0 Å². The van der Waals surface area contributed by atoms with Gasteiger partial charge in [-0.25, -0.2) is 4.39 Å². The van der Waals surface area contributed by atoms with Crippen molar-refractivity contribution >= 4 is 0 Å². The van der Waals surface area contributed by atoms with E-state index < -0.39 is 0 Å². The standard InChI is InChI=1S/C21H25FN2/c1-23-13-11-21(18-5-3-2-4-6-18)12-14-24(16-20(21)23)15-17-7-9-19(22)10-8-17/h2-10,20H,11-16H2,1H3/t20-,21-/m0/s1. The average molecular weight is 324 g/mol. The summed E-state index contributed by atoms with van der Waals surface area (Å²) in [6.45, 7) is 4.28. The Morgan fingerprint density at radius 1 is 1.00 bits per heavy atom. The fourth-order valence-corrected chi connectivity index (χ4v) is 4.66. The highest BCUT2D eigenvalue weighted by Crippen LogP contribution is 2.45. The van der Waals surface area contributed by atoms with E-state index in [4.69, 9.17) is 0 Å². The normalized spacial score (nSPS) is 28.0. The second-order valence-corrected chi connectivity index (χ2v) is 7.38. The topological polar surface area (TPSA) is 6.48 Å². The lowest BCUT2D eigenvalue weighted by Gasteiger charge is -2.46. The van der Waals surface area contributed by atoms with Gasteiger partial charge in [-0.1, -0.05) is 42.5 Å². The molecule has 4 rings (SSSR count). The molecule has 3 heteroatoms. The molecule has 0 radical (unpaired) electrons. The van der Waals surface area contributed by atoms with Crippen LogP contribution in [0.5, 0.6) is 0 Å². The van der Waals surface area contributed by atoms with Crippen molar-refractivity contribution in [2.75, 3.05) is 26.7 Å². The molecule has 2 nitrogen and oxygen atoms in total. The molecule has 0 unspecified atom stereocenters. The number of nitrogens with zero attached hydrogens (tertiary/aromatic N) is 2. The van der Waals surface area contributed by atoms with Crippen molar-refractivity contribution < 1.29 is 4.39 Å². The van der Waals surface area contributed by atoms with Gasteiger partial charge in [-0.05, 0) is 56.2 Å². The van der Waals surface area contributed by atoms with Crippen molar-refractivity contribution in [3.05, 3.63) is 71.5 Å². The SMILES string of the molecule is CN1CC[C@@]2(c3ccccc3)CCN(Cc3ccc(F)cc3)C[C@H]12. The molecule has 2 saturated heterocycles. The molecular weight excluding hydrogens is 299 g/mol. The average Bonchev–Trinajstić information content (AvgIpc) is 2.96. The Hall–Kier alpha value is -1.71. The number of halogens is 1. The molecule has 0 aromatic heterocycles. The van der Waals surface area contributed by atoms with Crippen molar-refractivity contribution in [3.63, 3.8) is 0 Å². The lowest BCUT2D eigenvalue weighted by atomic mass is 9.69. The molecule has 0 amide bonds. The lowest BCUT2D eigenvalue weighted by molar-refractivity contribution is 0.0917. The maximum atomic E-state index is 13.1. The van der Waals surface area contributed by atoms with Gasteiger partial charge < -0.3 is 4.90 Å². The van der Waals surface area contributed by atoms with E-state index >= 15 is 0 Å². The Morgan fingerprint density at radius 2 is 1.71 bits per heavy atom. The van der Waals surface area contributed by atoms with Crippen molar-refractivity contribution in [2.24, 2.45) is 0 Å². The number of fused-ring (bicyclic) bond motifs is 1. The number of hydrogen-bond acceptors (Lipinski definition) is 2. The van der Waals surface area contributed by atoms with E-state index in [1.165, 1.54) is 30.5 Å². The third-order valence-electron chi connectivity index (χ3n) is 6.05. The monoisotopic (exact) mass is 324 g/mol. The number of likely N-dealkylation sites (tertiary alicyclic amines) is 2. The van der Waals surface area contributed by atoms with Crippen LogP contribution in [0.1, 0.15) is 24.0 Å². The van der Waals surface area contributed by atoms with Gasteiger partial charge in [0.2, 0.25) is 0 Å². The van der Waals surface area contributed by atoms with Crippen molar-refractivity contribution in [1.82, 2.24) is 9.80 Å². The minimum atomic E-state index is -0.156. The van der Waals surface area contributed by atoms with Gasteiger partial charge in [-0.2, -0.15) is 0 Å². The minimum Gasteiger partial charge on any atom is -0.301 e. The highest BCUT2D eigenvalue weighted by Gasteiger charge is 2.49. The molecule has 2 aromatic rings. The molecule has 2 fully saturated rings. The van der Waals surface area contributed by atoms with Crippen LogP contribution in [0.15, 0.2) is 54.6 Å². The zero-order valence-corrected chi connectivity index (χ0v) is 14.3. The third kappa shape index (κ3) is 2.76. The number of hydrogen-bond donors (Lipinski definition) is 0. The van der Waals surface area contributed by atoms with Crippen LogP contribution in [0.3, 0.4) is 0 Å². The van der Waals surface area contributed by atoms with Gasteiger partial charge in [0, 0.05) is 24.5 Å². The molecule has 0 bridgehead atoms. The Labute approximate surface area is 143 Å². The highest BCUT2D eigenvalue weighted by atomic mass is 19.1. The highest BCUT2D eigenvalue weighted by molar-refractivity contribution is 5.31. The summed E-state index contributed by atoms with van der Waals surface area (Å²) in [6, 6.07) is 18.6. The number of benzene rings is 2. The van der Waals surface area contributed by atoms with Gasteiger partial charge in [-0.15, -0.1) is 0 Å². The summed E-state index contributed by atoms with van der Waals surface area (Å²) < 4.78 is 13.1. The van der Waals surface area contributed by atoms with Gasteiger partial charge in [0.05, 0.1) is 0 Å². The minimum absolute atomic E-state index is 0.156. The van der Waals surface area contributed by atoms with Crippen LogP contribution in [0, 0.1) is 5.82 Å². The first-order valence-electron chi connectivity index (χ1n) is 8.90. The Bertz CT molecular complexity index is 685. The fraction of sp³-hybridized carbons (Fsp3) is 0.429. The first kappa shape index (κ1) is 15.8. The van der Waals surface area contributed by atoms with E-state index in [0.717, 1.165) is 19.6 Å². The summed E-state index contributed by atoms with van der Waals surface area (Å²) in [4.78, 5) is 5.06. The molecular formula is C21H25FN2. The van der Waals surface area contributed by atoms with Crippen LogP contribution in [0.25, 0.3) is 0 Å². The Balaban J connectivity index is 1.54. The number of piperidine rings is 1. The molecule has 24 heavy (non-hydrogen) atoms. The van der Waals surface area contributed by atoms with E-state index in [1.807, 2.05) is 12.1 Å². The van der Waals surface area contributed by atoms with E-state index in [-0.39, 0.29) is 5.82 Å². The van der Waals surface area contributed by atoms with Crippen molar-refractivity contribution in [1.29, 1.82) is 0 Å². The molecule has 0 spiro atoms. The fourth-order valence-electron chi connectivity index (χ4n) is 4.66. The van der Waals surface area contributed by atoms with Crippen LogP contribution in [0.4, 0.5) is 4.39 Å². The number of rotatable bonds is 3. The summed E-state index contributed by atoms with van der Waals surface area (Å²) in [5, 5.41) is 0. The van der Waals surface area contributed by atoms with E-state index in [2.05, 4.69) is 47.2 Å².